The second-order valence-corrected chi connectivity index (χ2v) is 3.76. The third kappa shape index (κ3) is 2.93. The van der Waals surface area contributed by atoms with E-state index in [-0.39, 0.29) is 17.7 Å². The number of nitrogens with two attached hydrogens (primary N) is 1. The number of amidine groups is 1. The molecule has 0 aliphatic carbocycles. The van der Waals surface area contributed by atoms with Gasteiger partial charge in [0.15, 0.2) is 6.23 Å². The predicted octanol–water partition coefficient (Wildman–Crippen LogP) is -0.0954. The molecule has 7 heteroatoms. The van der Waals surface area contributed by atoms with Gasteiger partial charge < -0.3 is 15.6 Å². The maximum absolute atomic E-state index is 12.7. The summed E-state index contributed by atoms with van der Waals surface area (Å²) in [4.78, 5) is 15.7. The van der Waals surface area contributed by atoms with Crippen molar-refractivity contribution in [3.05, 3.63) is 24.2 Å². The second-order valence-electron chi connectivity index (χ2n) is 3.76. The van der Waals surface area contributed by atoms with Crippen LogP contribution in [0.5, 0.6) is 0 Å². The van der Waals surface area contributed by atoms with E-state index in [1.54, 1.807) is 6.92 Å². The fraction of sp³-hybridized carbons (Fsp3) is 0.455. The van der Waals surface area contributed by atoms with Crippen LogP contribution in [-0.2, 0) is 9.53 Å². The van der Waals surface area contributed by atoms with Crippen molar-refractivity contribution in [3.8, 4) is 0 Å². The standard InChI is InChI=1S/C11H16FN3O3/c1-7-10(17)8(5-12)11(18-7)15(6-16)4-3-9(13)14-2/h3-7,10-11,17H,1-2H3,(H2,13,14)/b4-3-,8-5+/t7?,10-,11?/m0/s1. The van der Waals surface area contributed by atoms with Gasteiger partial charge in [0.05, 0.1) is 12.4 Å². The van der Waals surface area contributed by atoms with Crippen LogP contribution < -0.4 is 5.73 Å². The molecule has 1 amide bonds. The van der Waals surface area contributed by atoms with E-state index in [4.69, 9.17) is 10.5 Å². The number of aliphatic imine (C=N–C) groups is 1. The number of nitrogens with zero attached hydrogens (tertiary/aromatic N) is 2. The number of hydrogen-bond donors (Lipinski definition) is 2. The Labute approximate surface area is 104 Å². The fourth-order valence-corrected chi connectivity index (χ4v) is 1.54. The Morgan fingerprint density at radius 2 is 2.33 bits per heavy atom. The molecule has 1 aliphatic rings. The van der Waals surface area contributed by atoms with Crippen molar-refractivity contribution >= 4 is 12.2 Å². The highest BCUT2D eigenvalue weighted by Crippen LogP contribution is 2.28. The van der Waals surface area contributed by atoms with Crippen molar-refractivity contribution in [2.45, 2.75) is 25.4 Å². The first-order valence-electron chi connectivity index (χ1n) is 5.32. The van der Waals surface area contributed by atoms with Crippen LogP contribution in [0.15, 0.2) is 29.2 Å². The molecule has 1 aliphatic heterocycles. The molecule has 0 aromatic rings. The number of carbonyl (C=O) groups is 1. The molecule has 3 atom stereocenters. The number of rotatable bonds is 4. The molecular weight excluding hydrogens is 241 g/mol. The van der Waals surface area contributed by atoms with Crippen molar-refractivity contribution < 1.29 is 19.0 Å². The molecule has 0 aromatic heterocycles. The average Bonchev–Trinajstić information content (AvgIpc) is 2.65. The minimum absolute atomic E-state index is 0.00809. The molecule has 1 fully saturated rings. The zero-order valence-corrected chi connectivity index (χ0v) is 10.2. The van der Waals surface area contributed by atoms with Crippen LogP contribution in [0.4, 0.5) is 4.39 Å². The van der Waals surface area contributed by atoms with Gasteiger partial charge >= 0.3 is 0 Å². The summed E-state index contributed by atoms with van der Waals surface area (Å²) in [6.45, 7) is 1.59. The van der Waals surface area contributed by atoms with Crippen LogP contribution in [0.25, 0.3) is 0 Å². The maximum Gasteiger partial charge on any atom is 0.216 e. The van der Waals surface area contributed by atoms with Gasteiger partial charge in [0.2, 0.25) is 6.41 Å². The fourth-order valence-electron chi connectivity index (χ4n) is 1.54. The Bertz CT molecular complexity index is 395. The number of aliphatic hydroxyl groups is 1. The van der Waals surface area contributed by atoms with Crippen LogP contribution in [-0.4, -0.2) is 47.7 Å². The monoisotopic (exact) mass is 257 g/mol. The van der Waals surface area contributed by atoms with Crippen LogP contribution in [0.1, 0.15) is 6.92 Å². The lowest BCUT2D eigenvalue weighted by molar-refractivity contribution is -0.124. The Morgan fingerprint density at radius 3 is 2.83 bits per heavy atom. The van der Waals surface area contributed by atoms with Crippen LogP contribution in [0, 0.1) is 0 Å². The Morgan fingerprint density at radius 1 is 1.67 bits per heavy atom. The van der Waals surface area contributed by atoms with Gasteiger partial charge in [-0.05, 0) is 13.0 Å². The normalized spacial score (nSPS) is 31.2. The smallest absolute Gasteiger partial charge is 0.216 e. The summed E-state index contributed by atoms with van der Waals surface area (Å²) in [5.74, 6) is 0.208. The largest absolute Gasteiger partial charge is 0.386 e. The molecule has 0 saturated carbocycles. The topological polar surface area (TPSA) is 88.2 Å². The molecule has 2 unspecified atom stereocenters. The Hall–Kier alpha value is -1.73. The van der Waals surface area contributed by atoms with Crippen molar-refractivity contribution in [2.24, 2.45) is 10.7 Å². The number of carbonyl (C=O) groups excluding carboxylic acids is 1. The molecular formula is C11H16FN3O3. The Balaban J connectivity index is 2.90. The molecule has 1 rings (SSSR count). The highest BCUT2D eigenvalue weighted by Gasteiger charge is 2.39. The van der Waals surface area contributed by atoms with E-state index in [9.17, 15) is 14.3 Å². The molecule has 6 nitrogen and oxygen atoms in total. The molecule has 1 heterocycles. The summed E-state index contributed by atoms with van der Waals surface area (Å²) < 4.78 is 18.0. The number of hydrogen-bond acceptors (Lipinski definition) is 4. The summed E-state index contributed by atoms with van der Waals surface area (Å²) in [6.07, 6.45) is 0.757. The quantitative estimate of drug-likeness (QED) is 0.418. The van der Waals surface area contributed by atoms with Crippen molar-refractivity contribution in [1.82, 2.24) is 4.90 Å². The molecule has 0 aromatic carbocycles. The number of amides is 1. The van der Waals surface area contributed by atoms with Gasteiger partial charge in [-0.1, -0.05) is 0 Å². The van der Waals surface area contributed by atoms with Gasteiger partial charge in [-0.25, -0.2) is 4.39 Å². The first-order chi connectivity index (χ1) is 8.54. The second kappa shape index (κ2) is 6.27. The third-order valence-electron chi connectivity index (χ3n) is 2.61. The zero-order chi connectivity index (χ0) is 13.7. The first-order valence-corrected chi connectivity index (χ1v) is 5.32. The lowest BCUT2D eigenvalue weighted by atomic mass is 10.1. The third-order valence-corrected chi connectivity index (χ3v) is 2.61. The van der Waals surface area contributed by atoms with Gasteiger partial charge in [0.25, 0.3) is 0 Å². The van der Waals surface area contributed by atoms with Crippen LogP contribution in [0.2, 0.25) is 0 Å². The number of aliphatic hydroxyl groups excluding tert-OH is 1. The summed E-state index contributed by atoms with van der Waals surface area (Å²) >= 11 is 0. The van der Waals surface area contributed by atoms with Gasteiger partial charge in [0.1, 0.15) is 11.9 Å². The van der Waals surface area contributed by atoms with Crippen LogP contribution >= 0.6 is 0 Å². The molecule has 1 saturated heterocycles. The molecule has 0 radical (unpaired) electrons. The highest BCUT2D eigenvalue weighted by atomic mass is 19.1. The van der Waals surface area contributed by atoms with Crippen molar-refractivity contribution in [1.29, 1.82) is 0 Å². The SMILES string of the molecule is CN=C(N)/C=C\N(C=O)C1OC(C)[C@H](O)/C1=C\F. The average molecular weight is 257 g/mol. The highest BCUT2D eigenvalue weighted by molar-refractivity contribution is 5.91. The lowest BCUT2D eigenvalue weighted by Crippen LogP contribution is -2.31. The molecule has 0 spiro atoms. The van der Waals surface area contributed by atoms with Crippen LogP contribution in [0.3, 0.4) is 0 Å². The minimum Gasteiger partial charge on any atom is -0.386 e. The van der Waals surface area contributed by atoms with E-state index in [1.807, 2.05) is 0 Å². The van der Waals surface area contributed by atoms with E-state index in [0.29, 0.717) is 6.41 Å². The zero-order valence-electron chi connectivity index (χ0n) is 10.2. The van der Waals surface area contributed by atoms with E-state index in [0.717, 1.165) is 4.90 Å². The lowest BCUT2D eigenvalue weighted by Gasteiger charge is -2.21. The van der Waals surface area contributed by atoms with E-state index >= 15 is 0 Å². The van der Waals surface area contributed by atoms with Crippen molar-refractivity contribution in [3.63, 3.8) is 0 Å². The summed E-state index contributed by atoms with van der Waals surface area (Å²) in [5.41, 5.74) is 5.43. The summed E-state index contributed by atoms with van der Waals surface area (Å²) in [6, 6.07) is 0. The van der Waals surface area contributed by atoms with E-state index < -0.39 is 18.4 Å². The summed E-state index contributed by atoms with van der Waals surface area (Å²) in [7, 11) is 1.50. The summed E-state index contributed by atoms with van der Waals surface area (Å²) in [5, 5.41) is 9.65. The molecule has 100 valence electrons. The predicted molar refractivity (Wildman–Crippen MR) is 64.1 cm³/mol. The first kappa shape index (κ1) is 14.3. The molecule has 0 bridgehead atoms. The Kier molecular flexibility index (Phi) is 4.99. The number of ether oxygens (including phenoxy) is 1. The van der Waals surface area contributed by atoms with Gasteiger partial charge in [-0.2, -0.15) is 0 Å². The molecule has 3 N–H and O–H groups in total. The minimum atomic E-state index is -1.08. The number of halogens is 1. The van der Waals surface area contributed by atoms with E-state index in [1.165, 1.54) is 19.3 Å². The van der Waals surface area contributed by atoms with E-state index in [2.05, 4.69) is 4.99 Å². The molecule has 18 heavy (non-hydrogen) atoms. The van der Waals surface area contributed by atoms with Gasteiger partial charge in [0, 0.05) is 18.8 Å². The van der Waals surface area contributed by atoms with Crippen molar-refractivity contribution in [2.75, 3.05) is 7.05 Å². The van der Waals surface area contributed by atoms with Gasteiger partial charge in [-0.15, -0.1) is 0 Å². The van der Waals surface area contributed by atoms with Gasteiger partial charge in [-0.3, -0.25) is 14.7 Å². The maximum atomic E-state index is 12.7.